The molecular formula is C12H15NO6S. The van der Waals surface area contributed by atoms with Crippen molar-refractivity contribution in [1.82, 2.24) is 0 Å². The van der Waals surface area contributed by atoms with Gasteiger partial charge in [0, 0.05) is 0 Å². The molecule has 1 fully saturated rings. The van der Waals surface area contributed by atoms with E-state index >= 15 is 0 Å². The SMILES string of the molecule is O=C(O)c1ccc(NCO[SH](=O)=O)c(OCC2CC2)c1. The number of benzene rings is 1. The first-order valence-electron chi connectivity index (χ1n) is 6.07. The van der Waals surface area contributed by atoms with Gasteiger partial charge in [-0.2, -0.15) is 0 Å². The van der Waals surface area contributed by atoms with Gasteiger partial charge in [0.2, 0.25) is 0 Å². The minimum Gasteiger partial charge on any atom is -0.491 e. The normalized spacial score (nSPS) is 14.2. The van der Waals surface area contributed by atoms with Crippen molar-refractivity contribution in [3.63, 3.8) is 0 Å². The highest BCUT2D eigenvalue weighted by Gasteiger charge is 2.22. The predicted molar refractivity (Wildman–Crippen MR) is 71.5 cm³/mol. The van der Waals surface area contributed by atoms with Gasteiger partial charge in [-0.25, -0.2) is 13.2 Å². The van der Waals surface area contributed by atoms with Gasteiger partial charge in [-0.3, -0.25) is 4.18 Å². The summed E-state index contributed by atoms with van der Waals surface area (Å²) in [5.74, 6) is -0.156. The fourth-order valence-corrected chi connectivity index (χ4v) is 1.75. The molecule has 0 atom stereocenters. The van der Waals surface area contributed by atoms with Crippen LogP contribution in [-0.4, -0.2) is 32.8 Å². The van der Waals surface area contributed by atoms with Crippen molar-refractivity contribution in [2.75, 3.05) is 18.7 Å². The Kier molecular flexibility index (Phi) is 4.80. The summed E-state index contributed by atoms with van der Waals surface area (Å²) < 4.78 is 30.6. The molecule has 2 rings (SSSR count). The highest BCUT2D eigenvalue weighted by molar-refractivity contribution is 7.67. The standard InChI is InChI=1S/C12H15NO6S/c14-12(15)9-3-4-10(13-7-19-20(16)17)11(5-9)18-6-8-1-2-8/h3-5,8,13,20H,1-2,6-7H2,(H,14,15). The van der Waals surface area contributed by atoms with Crippen molar-refractivity contribution in [2.45, 2.75) is 12.8 Å². The Morgan fingerprint density at radius 3 is 2.75 bits per heavy atom. The van der Waals surface area contributed by atoms with Crippen molar-refractivity contribution in [3.8, 4) is 5.75 Å². The van der Waals surface area contributed by atoms with E-state index in [9.17, 15) is 13.2 Å². The maximum absolute atomic E-state index is 10.9. The highest BCUT2D eigenvalue weighted by atomic mass is 32.2. The van der Waals surface area contributed by atoms with E-state index in [0.717, 1.165) is 12.8 Å². The minimum absolute atomic E-state index is 0.108. The number of hydrogen-bond acceptors (Lipinski definition) is 6. The third-order valence-corrected chi connectivity index (χ3v) is 3.17. The number of aromatic carboxylic acids is 1. The van der Waals surface area contributed by atoms with Crippen LogP contribution in [0.1, 0.15) is 23.2 Å². The molecule has 0 bridgehead atoms. The van der Waals surface area contributed by atoms with Crippen LogP contribution in [0.25, 0.3) is 0 Å². The molecule has 1 aromatic carbocycles. The Bertz CT molecular complexity index is 559. The van der Waals surface area contributed by atoms with E-state index in [1.165, 1.54) is 18.2 Å². The van der Waals surface area contributed by atoms with Gasteiger partial charge in [0.1, 0.15) is 12.5 Å². The van der Waals surface area contributed by atoms with E-state index < -0.39 is 17.0 Å². The molecule has 8 heteroatoms. The quantitative estimate of drug-likeness (QED) is 0.488. The monoisotopic (exact) mass is 301 g/mol. The van der Waals surface area contributed by atoms with Gasteiger partial charge >= 0.3 is 5.97 Å². The number of nitrogens with one attached hydrogen (secondary N) is 1. The van der Waals surface area contributed by atoms with E-state index in [1.54, 1.807) is 0 Å². The number of anilines is 1. The Labute approximate surface area is 117 Å². The van der Waals surface area contributed by atoms with E-state index in [2.05, 4.69) is 9.50 Å². The summed E-state index contributed by atoms with van der Waals surface area (Å²) in [6.45, 7) is 0.291. The summed E-state index contributed by atoms with van der Waals surface area (Å²) in [5, 5.41) is 11.7. The lowest BCUT2D eigenvalue weighted by molar-refractivity contribution is 0.0696. The van der Waals surface area contributed by atoms with E-state index in [1.807, 2.05) is 0 Å². The topological polar surface area (TPSA) is 102 Å². The van der Waals surface area contributed by atoms with Crippen LogP contribution in [0.5, 0.6) is 5.75 Å². The summed E-state index contributed by atoms with van der Waals surface area (Å²) in [7, 11) is -2.93. The first kappa shape index (κ1) is 14.6. The summed E-state index contributed by atoms with van der Waals surface area (Å²) in [5.41, 5.74) is 0.602. The van der Waals surface area contributed by atoms with E-state index in [4.69, 9.17) is 9.84 Å². The van der Waals surface area contributed by atoms with Crippen LogP contribution >= 0.6 is 0 Å². The van der Waals surface area contributed by atoms with Gasteiger partial charge < -0.3 is 15.2 Å². The Hall–Kier alpha value is -1.80. The second kappa shape index (κ2) is 6.58. The number of carboxylic acid groups (broad SMARTS) is 1. The molecule has 1 aromatic rings. The van der Waals surface area contributed by atoms with Crippen LogP contribution in [0, 0.1) is 5.92 Å². The molecule has 1 aliphatic carbocycles. The molecule has 20 heavy (non-hydrogen) atoms. The molecule has 110 valence electrons. The average Bonchev–Trinajstić information content (AvgIpc) is 3.20. The van der Waals surface area contributed by atoms with Crippen molar-refractivity contribution in [2.24, 2.45) is 5.92 Å². The maximum Gasteiger partial charge on any atom is 0.335 e. The van der Waals surface area contributed by atoms with Crippen LogP contribution in [0.4, 0.5) is 5.69 Å². The van der Waals surface area contributed by atoms with Gasteiger partial charge in [-0.05, 0) is 37.0 Å². The van der Waals surface area contributed by atoms with Gasteiger partial charge in [0.05, 0.1) is 17.9 Å². The fourth-order valence-electron chi connectivity index (χ4n) is 1.58. The summed E-state index contributed by atoms with van der Waals surface area (Å²) in [6, 6.07) is 4.34. The van der Waals surface area contributed by atoms with Crippen LogP contribution in [-0.2, 0) is 15.2 Å². The number of ether oxygens (including phenoxy) is 1. The lowest BCUT2D eigenvalue weighted by Gasteiger charge is -2.13. The molecule has 0 radical (unpaired) electrons. The first-order chi connectivity index (χ1) is 9.56. The lowest BCUT2D eigenvalue weighted by atomic mass is 10.2. The molecule has 0 aliphatic heterocycles. The summed E-state index contributed by atoms with van der Waals surface area (Å²) in [4.78, 5) is 10.9. The zero-order chi connectivity index (χ0) is 14.5. The van der Waals surface area contributed by atoms with Crippen LogP contribution in [0.3, 0.4) is 0 Å². The highest BCUT2D eigenvalue weighted by Crippen LogP contribution is 2.32. The zero-order valence-corrected chi connectivity index (χ0v) is 11.5. The largest absolute Gasteiger partial charge is 0.491 e. The molecule has 0 unspecified atom stereocenters. The maximum atomic E-state index is 10.9. The molecule has 0 saturated heterocycles. The second-order valence-corrected chi connectivity index (χ2v) is 5.15. The predicted octanol–water partition coefficient (Wildman–Crippen LogP) is 1.09. The number of carboxylic acids is 1. The smallest absolute Gasteiger partial charge is 0.335 e. The van der Waals surface area contributed by atoms with Crippen molar-refractivity contribution >= 4 is 22.6 Å². The Morgan fingerprint density at radius 1 is 1.40 bits per heavy atom. The second-order valence-electron chi connectivity index (χ2n) is 4.44. The molecule has 0 spiro atoms. The zero-order valence-electron chi connectivity index (χ0n) is 10.6. The molecule has 1 aliphatic rings. The molecule has 7 nitrogen and oxygen atoms in total. The van der Waals surface area contributed by atoms with E-state index in [-0.39, 0.29) is 12.3 Å². The molecule has 1 saturated carbocycles. The average molecular weight is 301 g/mol. The number of thiol groups is 1. The number of carbonyl (C=O) groups is 1. The Balaban J connectivity index is 2.07. The minimum atomic E-state index is -2.93. The Morgan fingerprint density at radius 2 is 2.15 bits per heavy atom. The van der Waals surface area contributed by atoms with Crippen LogP contribution in [0.2, 0.25) is 0 Å². The molecule has 2 N–H and O–H groups in total. The lowest BCUT2D eigenvalue weighted by Crippen LogP contribution is -2.09. The first-order valence-corrected chi connectivity index (χ1v) is 7.17. The van der Waals surface area contributed by atoms with Crippen LogP contribution < -0.4 is 10.1 Å². The van der Waals surface area contributed by atoms with Crippen LogP contribution in [0.15, 0.2) is 18.2 Å². The molecule has 0 heterocycles. The van der Waals surface area contributed by atoms with Gasteiger partial charge in [-0.15, -0.1) is 0 Å². The van der Waals surface area contributed by atoms with Crippen molar-refractivity contribution in [1.29, 1.82) is 0 Å². The molecular weight excluding hydrogens is 286 g/mol. The van der Waals surface area contributed by atoms with Gasteiger partial charge in [-0.1, -0.05) is 0 Å². The number of hydrogen-bond donors (Lipinski definition) is 3. The summed E-state index contributed by atoms with van der Waals surface area (Å²) >= 11 is 0. The third kappa shape index (κ3) is 4.39. The van der Waals surface area contributed by atoms with Gasteiger partial charge in [0.25, 0.3) is 11.0 Å². The van der Waals surface area contributed by atoms with E-state index in [0.29, 0.717) is 24.0 Å². The number of rotatable bonds is 8. The fraction of sp³-hybridized carbons (Fsp3) is 0.417. The molecule has 0 amide bonds. The summed E-state index contributed by atoms with van der Waals surface area (Å²) in [6.07, 6.45) is 2.22. The molecule has 0 aromatic heterocycles. The van der Waals surface area contributed by atoms with Gasteiger partial charge in [0.15, 0.2) is 0 Å². The van der Waals surface area contributed by atoms with Crippen molar-refractivity contribution in [3.05, 3.63) is 23.8 Å². The van der Waals surface area contributed by atoms with Crippen molar-refractivity contribution < 1.29 is 27.2 Å². The third-order valence-electron chi connectivity index (χ3n) is 2.83.